The molecule has 88 valence electrons. The van der Waals surface area contributed by atoms with Crippen molar-refractivity contribution in [3.63, 3.8) is 0 Å². The van der Waals surface area contributed by atoms with Gasteiger partial charge in [-0.2, -0.15) is 0 Å². The standard InChI is InChI=1S/C16H12O2/c17-13-6-4-11(5-7-13)15-3-1-2-12-10-14(18)8-9-16(12)15/h1-10,17-18H. The summed E-state index contributed by atoms with van der Waals surface area (Å²) in [6, 6.07) is 18.4. The third-order valence-electron chi connectivity index (χ3n) is 3.04. The van der Waals surface area contributed by atoms with Crippen molar-refractivity contribution in [1.29, 1.82) is 0 Å². The predicted molar refractivity (Wildman–Crippen MR) is 72.7 cm³/mol. The van der Waals surface area contributed by atoms with Crippen LogP contribution in [0, 0.1) is 0 Å². The SMILES string of the molecule is Oc1ccc(-c2cccc3cc(O)ccc23)cc1. The average molecular weight is 236 g/mol. The second-order valence-corrected chi connectivity index (χ2v) is 4.26. The van der Waals surface area contributed by atoms with Crippen LogP contribution in [0.2, 0.25) is 0 Å². The maximum atomic E-state index is 9.50. The smallest absolute Gasteiger partial charge is 0.116 e. The molecule has 0 saturated heterocycles. The van der Waals surface area contributed by atoms with Crippen molar-refractivity contribution in [2.45, 2.75) is 0 Å². The topological polar surface area (TPSA) is 40.5 Å². The fourth-order valence-electron chi connectivity index (χ4n) is 2.16. The van der Waals surface area contributed by atoms with E-state index in [0.29, 0.717) is 0 Å². The minimum atomic E-state index is 0.261. The number of hydrogen-bond donors (Lipinski definition) is 2. The number of benzene rings is 3. The number of rotatable bonds is 1. The summed E-state index contributed by atoms with van der Waals surface area (Å²) in [5.41, 5.74) is 2.14. The van der Waals surface area contributed by atoms with Crippen LogP contribution in [-0.2, 0) is 0 Å². The van der Waals surface area contributed by atoms with Crippen LogP contribution < -0.4 is 0 Å². The van der Waals surface area contributed by atoms with Crippen molar-refractivity contribution in [3.05, 3.63) is 60.7 Å². The fraction of sp³-hybridized carbons (Fsp3) is 0. The lowest BCUT2D eigenvalue weighted by molar-refractivity contribution is 0.475. The lowest BCUT2D eigenvalue weighted by atomic mass is 9.98. The third-order valence-corrected chi connectivity index (χ3v) is 3.04. The Kier molecular flexibility index (Phi) is 2.41. The molecule has 0 spiro atoms. The summed E-state index contributed by atoms with van der Waals surface area (Å²) in [5, 5.41) is 20.9. The normalized spacial score (nSPS) is 10.7. The van der Waals surface area contributed by atoms with E-state index in [4.69, 9.17) is 0 Å². The molecule has 3 rings (SSSR count). The summed E-state index contributed by atoms with van der Waals surface area (Å²) >= 11 is 0. The second-order valence-electron chi connectivity index (χ2n) is 4.26. The van der Waals surface area contributed by atoms with Crippen molar-refractivity contribution in [3.8, 4) is 22.6 Å². The molecule has 2 nitrogen and oxygen atoms in total. The number of phenolic OH excluding ortho intramolecular Hbond substituents is 2. The molecule has 0 aliphatic carbocycles. The minimum absolute atomic E-state index is 0.261. The van der Waals surface area contributed by atoms with E-state index in [0.717, 1.165) is 21.9 Å². The Balaban J connectivity index is 2.26. The molecule has 0 atom stereocenters. The highest BCUT2D eigenvalue weighted by atomic mass is 16.3. The molecule has 2 N–H and O–H groups in total. The number of fused-ring (bicyclic) bond motifs is 1. The molecular weight excluding hydrogens is 224 g/mol. The first-order valence-corrected chi connectivity index (χ1v) is 5.75. The second kappa shape index (κ2) is 4.08. The first kappa shape index (κ1) is 10.7. The first-order valence-electron chi connectivity index (χ1n) is 5.75. The lowest BCUT2D eigenvalue weighted by Gasteiger charge is -2.07. The van der Waals surface area contributed by atoms with Crippen LogP contribution in [0.1, 0.15) is 0 Å². The van der Waals surface area contributed by atoms with Crippen molar-refractivity contribution in [2.75, 3.05) is 0 Å². The van der Waals surface area contributed by atoms with Gasteiger partial charge in [0.1, 0.15) is 11.5 Å². The van der Waals surface area contributed by atoms with E-state index >= 15 is 0 Å². The van der Waals surface area contributed by atoms with Gasteiger partial charge in [-0.1, -0.05) is 36.4 Å². The van der Waals surface area contributed by atoms with Crippen molar-refractivity contribution < 1.29 is 10.2 Å². The Morgan fingerprint density at radius 2 is 1.39 bits per heavy atom. The molecular formula is C16H12O2. The van der Waals surface area contributed by atoms with Crippen LogP contribution in [0.15, 0.2) is 60.7 Å². The van der Waals surface area contributed by atoms with Gasteiger partial charge in [0.2, 0.25) is 0 Å². The van der Waals surface area contributed by atoms with Gasteiger partial charge in [0.25, 0.3) is 0 Å². The van der Waals surface area contributed by atoms with E-state index in [9.17, 15) is 10.2 Å². The molecule has 0 heterocycles. The van der Waals surface area contributed by atoms with Crippen LogP contribution in [-0.4, -0.2) is 10.2 Å². The van der Waals surface area contributed by atoms with Gasteiger partial charge in [-0.15, -0.1) is 0 Å². The van der Waals surface area contributed by atoms with Crippen LogP contribution in [0.25, 0.3) is 21.9 Å². The summed E-state index contributed by atoms with van der Waals surface area (Å²) < 4.78 is 0. The van der Waals surface area contributed by atoms with Gasteiger partial charge in [0, 0.05) is 0 Å². The van der Waals surface area contributed by atoms with Gasteiger partial charge in [-0.05, 0) is 46.2 Å². The highest BCUT2D eigenvalue weighted by Gasteiger charge is 2.04. The quantitative estimate of drug-likeness (QED) is 0.672. The fourth-order valence-corrected chi connectivity index (χ4v) is 2.16. The van der Waals surface area contributed by atoms with Gasteiger partial charge in [0.05, 0.1) is 0 Å². The van der Waals surface area contributed by atoms with Crippen LogP contribution in [0.5, 0.6) is 11.5 Å². The molecule has 0 unspecified atom stereocenters. The first-order chi connectivity index (χ1) is 8.74. The summed E-state index contributed by atoms with van der Waals surface area (Å²) in [4.78, 5) is 0. The zero-order valence-corrected chi connectivity index (χ0v) is 9.67. The Bertz CT molecular complexity index is 700. The van der Waals surface area contributed by atoms with E-state index in [-0.39, 0.29) is 11.5 Å². The molecule has 0 amide bonds. The Labute approximate surface area is 105 Å². The zero-order valence-electron chi connectivity index (χ0n) is 9.67. The Morgan fingerprint density at radius 3 is 2.17 bits per heavy atom. The molecule has 2 heteroatoms. The molecule has 0 fully saturated rings. The monoisotopic (exact) mass is 236 g/mol. The number of hydrogen-bond acceptors (Lipinski definition) is 2. The van der Waals surface area contributed by atoms with Gasteiger partial charge in [-0.3, -0.25) is 0 Å². The maximum absolute atomic E-state index is 9.50. The molecule has 3 aromatic carbocycles. The van der Waals surface area contributed by atoms with E-state index in [1.165, 1.54) is 0 Å². The predicted octanol–water partition coefficient (Wildman–Crippen LogP) is 3.92. The molecule has 0 aromatic heterocycles. The largest absolute Gasteiger partial charge is 0.508 e. The molecule has 0 saturated carbocycles. The third kappa shape index (κ3) is 1.78. The lowest BCUT2D eigenvalue weighted by Crippen LogP contribution is -1.81. The van der Waals surface area contributed by atoms with Crippen molar-refractivity contribution in [2.24, 2.45) is 0 Å². The summed E-state index contributed by atoms with van der Waals surface area (Å²) in [6.45, 7) is 0. The summed E-state index contributed by atoms with van der Waals surface area (Å²) in [7, 11) is 0. The Morgan fingerprint density at radius 1 is 0.667 bits per heavy atom. The van der Waals surface area contributed by atoms with Crippen LogP contribution >= 0.6 is 0 Å². The molecule has 3 aromatic rings. The van der Waals surface area contributed by atoms with Gasteiger partial charge < -0.3 is 10.2 Å². The molecule has 0 aliphatic rings. The highest BCUT2D eigenvalue weighted by molar-refractivity contribution is 5.97. The average Bonchev–Trinajstić information content (AvgIpc) is 2.38. The number of aromatic hydroxyl groups is 2. The Hall–Kier alpha value is -2.48. The summed E-state index contributed by atoms with van der Waals surface area (Å²) in [6.07, 6.45) is 0. The van der Waals surface area contributed by atoms with Crippen molar-refractivity contribution in [1.82, 2.24) is 0 Å². The highest BCUT2D eigenvalue weighted by Crippen LogP contribution is 2.31. The van der Waals surface area contributed by atoms with E-state index in [1.54, 1.807) is 24.3 Å². The maximum Gasteiger partial charge on any atom is 0.116 e. The molecule has 0 bridgehead atoms. The zero-order chi connectivity index (χ0) is 12.5. The van der Waals surface area contributed by atoms with E-state index < -0.39 is 0 Å². The molecule has 18 heavy (non-hydrogen) atoms. The van der Waals surface area contributed by atoms with Gasteiger partial charge >= 0.3 is 0 Å². The molecule has 0 aliphatic heterocycles. The summed E-state index contributed by atoms with van der Waals surface area (Å²) in [5.74, 6) is 0.530. The van der Waals surface area contributed by atoms with Gasteiger partial charge in [0.15, 0.2) is 0 Å². The van der Waals surface area contributed by atoms with Crippen molar-refractivity contribution >= 4 is 10.8 Å². The van der Waals surface area contributed by atoms with E-state index in [2.05, 4.69) is 0 Å². The van der Waals surface area contributed by atoms with Gasteiger partial charge in [-0.25, -0.2) is 0 Å². The van der Waals surface area contributed by atoms with Crippen LogP contribution in [0.4, 0.5) is 0 Å². The minimum Gasteiger partial charge on any atom is -0.508 e. The van der Waals surface area contributed by atoms with Crippen LogP contribution in [0.3, 0.4) is 0 Å². The van der Waals surface area contributed by atoms with E-state index in [1.807, 2.05) is 36.4 Å². The molecule has 0 radical (unpaired) electrons. The number of phenols is 2.